The summed E-state index contributed by atoms with van der Waals surface area (Å²) in [6.45, 7) is 0.709. The standard InChI is InChI=1S/C20H19BrFN5O2/c21-12-3-4-16(14(22)7-12)27-19-13-8-15(23)18(9-17(13)25-10-26-19)29-6-5-24-20(28)11-1-2-11/h3-4,7-11H,1-2,5-6,23H2,(H,24,28)(H,25,26,27). The molecule has 0 unspecified atom stereocenters. The van der Waals surface area contributed by atoms with Gasteiger partial charge in [0.2, 0.25) is 5.91 Å². The number of nitrogens with zero attached hydrogens (tertiary/aromatic N) is 2. The van der Waals surface area contributed by atoms with Gasteiger partial charge in [-0.25, -0.2) is 14.4 Å². The van der Waals surface area contributed by atoms with Crippen LogP contribution in [0, 0.1) is 11.7 Å². The Kier molecular flexibility index (Phi) is 5.48. The fourth-order valence-electron chi connectivity index (χ4n) is 2.87. The molecule has 1 aromatic heterocycles. The molecular formula is C20H19BrFN5O2. The second-order valence-electron chi connectivity index (χ2n) is 6.79. The van der Waals surface area contributed by atoms with Crippen molar-refractivity contribution in [2.45, 2.75) is 12.8 Å². The molecule has 1 aliphatic rings. The molecule has 0 aliphatic heterocycles. The normalized spacial score (nSPS) is 13.3. The molecule has 0 radical (unpaired) electrons. The molecule has 1 aliphatic carbocycles. The van der Waals surface area contributed by atoms with Gasteiger partial charge < -0.3 is 21.1 Å². The van der Waals surface area contributed by atoms with Crippen molar-refractivity contribution in [2.75, 3.05) is 24.2 Å². The van der Waals surface area contributed by atoms with Crippen molar-refractivity contribution in [3.05, 3.63) is 46.9 Å². The fourth-order valence-corrected chi connectivity index (χ4v) is 3.20. The second-order valence-corrected chi connectivity index (χ2v) is 7.71. The molecule has 4 rings (SSSR count). The Morgan fingerprint density at radius 3 is 2.86 bits per heavy atom. The van der Waals surface area contributed by atoms with E-state index in [-0.39, 0.29) is 11.8 Å². The molecule has 150 valence electrons. The summed E-state index contributed by atoms with van der Waals surface area (Å²) in [5.74, 6) is 0.735. The molecule has 0 bridgehead atoms. The lowest BCUT2D eigenvalue weighted by molar-refractivity contribution is -0.122. The van der Waals surface area contributed by atoms with Crippen LogP contribution in [0.25, 0.3) is 10.9 Å². The highest BCUT2D eigenvalue weighted by molar-refractivity contribution is 9.10. The van der Waals surface area contributed by atoms with Crippen LogP contribution in [0.1, 0.15) is 12.8 Å². The van der Waals surface area contributed by atoms with Crippen LogP contribution in [0.4, 0.5) is 21.6 Å². The van der Waals surface area contributed by atoms with Crippen molar-refractivity contribution in [1.29, 1.82) is 0 Å². The van der Waals surface area contributed by atoms with Gasteiger partial charge in [-0.1, -0.05) is 15.9 Å². The Morgan fingerprint density at radius 1 is 1.28 bits per heavy atom. The Morgan fingerprint density at radius 2 is 2.10 bits per heavy atom. The highest BCUT2D eigenvalue weighted by atomic mass is 79.9. The van der Waals surface area contributed by atoms with E-state index in [4.69, 9.17) is 10.5 Å². The first-order valence-corrected chi connectivity index (χ1v) is 9.97. The van der Waals surface area contributed by atoms with Crippen LogP contribution in [0.5, 0.6) is 5.75 Å². The molecule has 7 nitrogen and oxygen atoms in total. The molecule has 3 aromatic rings. The summed E-state index contributed by atoms with van der Waals surface area (Å²) in [7, 11) is 0. The minimum Gasteiger partial charge on any atom is -0.490 e. The number of hydrogen-bond acceptors (Lipinski definition) is 6. The number of ether oxygens (including phenoxy) is 1. The quantitative estimate of drug-likeness (QED) is 0.367. The van der Waals surface area contributed by atoms with Gasteiger partial charge in [0.1, 0.15) is 30.3 Å². The van der Waals surface area contributed by atoms with Crippen molar-refractivity contribution in [3.8, 4) is 5.75 Å². The maximum absolute atomic E-state index is 14.2. The minimum absolute atomic E-state index is 0.0729. The molecule has 29 heavy (non-hydrogen) atoms. The van der Waals surface area contributed by atoms with Gasteiger partial charge in [-0.05, 0) is 37.1 Å². The van der Waals surface area contributed by atoms with E-state index in [0.717, 1.165) is 12.8 Å². The number of carbonyl (C=O) groups excluding carboxylic acids is 1. The molecule has 9 heteroatoms. The highest BCUT2D eigenvalue weighted by Gasteiger charge is 2.29. The van der Waals surface area contributed by atoms with Crippen LogP contribution in [-0.2, 0) is 4.79 Å². The summed E-state index contributed by atoms with van der Waals surface area (Å²) < 4.78 is 20.5. The summed E-state index contributed by atoms with van der Waals surface area (Å²) in [4.78, 5) is 20.1. The predicted molar refractivity (Wildman–Crippen MR) is 113 cm³/mol. The van der Waals surface area contributed by atoms with Gasteiger partial charge in [0.05, 0.1) is 23.4 Å². The summed E-state index contributed by atoms with van der Waals surface area (Å²) in [5, 5.41) is 6.46. The third-order valence-corrected chi connectivity index (χ3v) is 5.05. The number of carbonyl (C=O) groups is 1. The molecule has 2 aromatic carbocycles. The molecule has 0 spiro atoms. The Hall–Kier alpha value is -2.94. The van der Waals surface area contributed by atoms with Gasteiger partial charge in [-0.3, -0.25) is 4.79 Å². The van der Waals surface area contributed by atoms with Crippen LogP contribution in [-0.4, -0.2) is 29.0 Å². The van der Waals surface area contributed by atoms with E-state index < -0.39 is 5.82 Å². The lowest BCUT2D eigenvalue weighted by atomic mass is 10.2. The summed E-state index contributed by atoms with van der Waals surface area (Å²) in [6.07, 6.45) is 3.31. The number of rotatable bonds is 7. The number of halogens is 2. The number of amides is 1. The van der Waals surface area contributed by atoms with Gasteiger partial charge in [0.15, 0.2) is 0 Å². The van der Waals surface area contributed by atoms with Gasteiger partial charge in [0.25, 0.3) is 0 Å². The van der Waals surface area contributed by atoms with E-state index in [1.165, 1.54) is 12.4 Å². The topological polar surface area (TPSA) is 102 Å². The number of anilines is 3. The third-order valence-electron chi connectivity index (χ3n) is 4.56. The zero-order chi connectivity index (χ0) is 20.4. The number of nitrogens with one attached hydrogen (secondary N) is 2. The first kappa shape index (κ1) is 19.4. The van der Waals surface area contributed by atoms with E-state index in [0.29, 0.717) is 51.5 Å². The van der Waals surface area contributed by atoms with Crippen LogP contribution in [0.3, 0.4) is 0 Å². The van der Waals surface area contributed by atoms with Crippen LogP contribution in [0.2, 0.25) is 0 Å². The number of fused-ring (bicyclic) bond motifs is 1. The van der Waals surface area contributed by atoms with Crippen LogP contribution in [0.15, 0.2) is 41.1 Å². The van der Waals surface area contributed by atoms with Gasteiger partial charge >= 0.3 is 0 Å². The summed E-state index contributed by atoms with van der Waals surface area (Å²) >= 11 is 3.24. The summed E-state index contributed by atoms with van der Waals surface area (Å²) in [5.41, 5.74) is 7.42. The maximum Gasteiger partial charge on any atom is 0.223 e. The average Bonchev–Trinajstić information content (AvgIpc) is 3.53. The predicted octanol–water partition coefficient (Wildman–Crippen LogP) is 3.76. The molecule has 1 fully saturated rings. The molecule has 0 saturated heterocycles. The lowest BCUT2D eigenvalue weighted by Gasteiger charge is -2.13. The molecule has 1 heterocycles. The fraction of sp³-hybridized carbons (Fsp3) is 0.250. The van der Waals surface area contributed by atoms with Crippen LogP contribution < -0.4 is 21.1 Å². The number of benzene rings is 2. The summed E-state index contributed by atoms with van der Waals surface area (Å²) in [6, 6.07) is 8.11. The monoisotopic (exact) mass is 459 g/mol. The Bertz CT molecular complexity index is 1070. The largest absolute Gasteiger partial charge is 0.490 e. The van der Waals surface area contributed by atoms with E-state index in [1.807, 2.05) is 0 Å². The first-order valence-electron chi connectivity index (χ1n) is 9.18. The van der Waals surface area contributed by atoms with Crippen molar-refractivity contribution < 1.29 is 13.9 Å². The van der Waals surface area contributed by atoms with Crippen molar-refractivity contribution in [1.82, 2.24) is 15.3 Å². The lowest BCUT2D eigenvalue weighted by Crippen LogP contribution is -2.29. The SMILES string of the molecule is Nc1cc2c(Nc3ccc(Br)cc3F)ncnc2cc1OCCNC(=O)C1CC1. The molecule has 0 atom stereocenters. The maximum atomic E-state index is 14.2. The van der Waals surface area contributed by atoms with E-state index >= 15 is 0 Å². The van der Waals surface area contributed by atoms with Crippen molar-refractivity contribution in [3.63, 3.8) is 0 Å². The Balaban J connectivity index is 1.49. The number of aromatic nitrogens is 2. The first-order chi connectivity index (χ1) is 14.0. The van der Waals surface area contributed by atoms with E-state index in [2.05, 4.69) is 36.5 Å². The zero-order valence-electron chi connectivity index (χ0n) is 15.4. The third kappa shape index (κ3) is 4.56. The van der Waals surface area contributed by atoms with Crippen molar-refractivity contribution >= 4 is 49.9 Å². The zero-order valence-corrected chi connectivity index (χ0v) is 17.0. The molecule has 1 amide bonds. The number of hydrogen-bond donors (Lipinski definition) is 3. The van der Waals surface area contributed by atoms with Crippen molar-refractivity contribution in [2.24, 2.45) is 5.92 Å². The van der Waals surface area contributed by atoms with E-state index in [1.54, 1.807) is 24.3 Å². The number of nitrogens with two attached hydrogens (primary N) is 1. The smallest absolute Gasteiger partial charge is 0.223 e. The number of nitrogen functional groups attached to an aromatic ring is 1. The molecule has 4 N–H and O–H groups in total. The Labute approximate surface area is 175 Å². The minimum atomic E-state index is -0.410. The van der Waals surface area contributed by atoms with Gasteiger partial charge in [-0.15, -0.1) is 0 Å². The van der Waals surface area contributed by atoms with E-state index in [9.17, 15) is 9.18 Å². The van der Waals surface area contributed by atoms with Gasteiger partial charge in [-0.2, -0.15) is 0 Å². The molecular weight excluding hydrogens is 441 g/mol. The second kappa shape index (κ2) is 8.20. The highest BCUT2D eigenvalue weighted by Crippen LogP contribution is 2.32. The van der Waals surface area contributed by atoms with Gasteiger partial charge in [0, 0.05) is 21.8 Å². The molecule has 1 saturated carbocycles. The average molecular weight is 460 g/mol. The van der Waals surface area contributed by atoms with Crippen LogP contribution >= 0.6 is 15.9 Å².